The Labute approximate surface area is 110 Å². The Bertz CT molecular complexity index is 640. The third-order valence-electron chi connectivity index (χ3n) is 3.39. The van der Waals surface area contributed by atoms with E-state index in [0.717, 1.165) is 5.52 Å². The molecule has 1 aliphatic rings. The largest absolute Gasteiger partial charge is 0.358 e. The summed E-state index contributed by atoms with van der Waals surface area (Å²) in [5.41, 5.74) is 1.17. The lowest BCUT2D eigenvalue weighted by atomic mass is 9.87. The van der Waals surface area contributed by atoms with E-state index >= 15 is 0 Å². The summed E-state index contributed by atoms with van der Waals surface area (Å²) in [6.07, 6.45) is 3.23. The molecule has 3 heterocycles. The van der Waals surface area contributed by atoms with Crippen LogP contribution in [0.15, 0.2) is 24.5 Å². The summed E-state index contributed by atoms with van der Waals surface area (Å²) in [4.78, 5) is 24.5. The van der Waals surface area contributed by atoms with Gasteiger partial charge < -0.3 is 10.6 Å². The predicted molar refractivity (Wildman–Crippen MR) is 71.5 cm³/mol. The number of nitrogens with zero attached hydrogens (tertiary/aromatic N) is 3. The molecule has 0 spiro atoms. The van der Waals surface area contributed by atoms with E-state index in [1.807, 2.05) is 26.0 Å². The highest BCUT2D eigenvalue weighted by molar-refractivity contribution is 5.88. The molecule has 6 nitrogen and oxygen atoms in total. The first kappa shape index (κ1) is 11.8. The Morgan fingerprint density at radius 2 is 2.11 bits per heavy atom. The summed E-state index contributed by atoms with van der Waals surface area (Å²) in [7, 11) is 0. The zero-order valence-electron chi connectivity index (χ0n) is 10.8. The Morgan fingerprint density at radius 1 is 1.32 bits per heavy atom. The average Bonchev–Trinajstić information content (AvgIpc) is 2.66. The van der Waals surface area contributed by atoms with Gasteiger partial charge in [0, 0.05) is 24.4 Å². The van der Waals surface area contributed by atoms with Gasteiger partial charge in [0.15, 0.2) is 5.65 Å². The number of carbonyl (C=O) groups excluding carboxylic acids is 1. The van der Waals surface area contributed by atoms with Crippen LogP contribution in [0.4, 0.5) is 5.82 Å². The number of amides is 1. The van der Waals surface area contributed by atoms with Crippen LogP contribution in [0.2, 0.25) is 0 Å². The lowest BCUT2D eigenvalue weighted by Crippen LogP contribution is -2.38. The molecule has 1 saturated heterocycles. The van der Waals surface area contributed by atoms with E-state index in [2.05, 4.69) is 25.6 Å². The SMILES string of the molecule is CC1(C)CNC(=O)C1Nc1ccc2nccnc2n1. The van der Waals surface area contributed by atoms with Gasteiger partial charge in [-0.1, -0.05) is 13.8 Å². The Kier molecular flexibility index (Phi) is 2.58. The molecule has 0 saturated carbocycles. The highest BCUT2D eigenvalue weighted by Gasteiger charge is 2.41. The number of fused-ring (bicyclic) bond motifs is 1. The minimum atomic E-state index is -0.283. The molecule has 98 valence electrons. The lowest BCUT2D eigenvalue weighted by Gasteiger charge is -2.24. The Balaban J connectivity index is 1.91. The van der Waals surface area contributed by atoms with E-state index in [0.29, 0.717) is 18.0 Å². The van der Waals surface area contributed by atoms with Crippen molar-refractivity contribution in [2.24, 2.45) is 5.41 Å². The number of nitrogens with one attached hydrogen (secondary N) is 2. The number of rotatable bonds is 2. The fourth-order valence-electron chi connectivity index (χ4n) is 2.22. The third kappa shape index (κ3) is 2.09. The Hall–Kier alpha value is -2.24. The molecule has 3 rings (SSSR count). The maximum atomic E-state index is 11.8. The molecule has 2 N–H and O–H groups in total. The van der Waals surface area contributed by atoms with Crippen LogP contribution in [0.3, 0.4) is 0 Å². The van der Waals surface area contributed by atoms with Crippen molar-refractivity contribution < 1.29 is 4.79 Å². The molecule has 19 heavy (non-hydrogen) atoms. The van der Waals surface area contributed by atoms with Crippen LogP contribution in [0.1, 0.15) is 13.8 Å². The maximum Gasteiger partial charge on any atom is 0.243 e. The van der Waals surface area contributed by atoms with E-state index in [1.165, 1.54) is 0 Å². The van der Waals surface area contributed by atoms with Crippen LogP contribution in [0.5, 0.6) is 0 Å². The topological polar surface area (TPSA) is 79.8 Å². The van der Waals surface area contributed by atoms with Gasteiger partial charge in [-0.15, -0.1) is 0 Å². The summed E-state index contributed by atoms with van der Waals surface area (Å²) in [6, 6.07) is 3.38. The summed E-state index contributed by atoms with van der Waals surface area (Å²) in [5, 5.41) is 6.04. The van der Waals surface area contributed by atoms with Gasteiger partial charge in [0.25, 0.3) is 0 Å². The van der Waals surface area contributed by atoms with Crippen LogP contribution < -0.4 is 10.6 Å². The van der Waals surface area contributed by atoms with E-state index < -0.39 is 0 Å². The van der Waals surface area contributed by atoms with Crippen LogP contribution in [0.25, 0.3) is 11.2 Å². The number of pyridine rings is 1. The van der Waals surface area contributed by atoms with E-state index in [1.54, 1.807) is 12.4 Å². The molecule has 1 fully saturated rings. The third-order valence-corrected chi connectivity index (χ3v) is 3.39. The van der Waals surface area contributed by atoms with Crippen LogP contribution >= 0.6 is 0 Å². The smallest absolute Gasteiger partial charge is 0.243 e. The minimum absolute atomic E-state index is 0.00560. The molecule has 2 aromatic heterocycles. The lowest BCUT2D eigenvalue weighted by molar-refractivity contribution is -0.120. The monoisotopic (exact) mass is 257 g/mol. The van der Waals surface area contributed by atoms with Crippen molar-refractivity contribution in [2.75, 3.05) is 11.9 Å². The molecule has 1 amide bonds. The van der Waals surface area contributed by atoms with Crippen molar-refractivity contribution in [1.82, 2.24) is 20.3 Å². The number of aromatic nitrogens is 3. The standard InChI is InChI=1S/C13H15N5O/c1-13(2)7-16-12(19)10(13)17-9-4-3-8-11(18-9)15-6-5-14-8/h3-6,10H,7H2,1-2H3,(H,16,19)(H,15,17,18). The molecular formula is C13H15N5O. The predicted octanol–water partition coefficient (Wildman–Crippen LogP) is 0.961. The summed E-state index contributed by atoms with van der Waals surface area (Å²) in [5.74, 6) is 0.647. The van der Waals surface area contributed by atoms with Crippen LogP contribution in [-0.2, 0) is 4.79 Å². The molecule has 1 atom stereocenters. The number of hydrogen-bond donors (Lipinski definition) is 2. The van der Waals surface area contributed by atoms with Gasteiger partial charge in [0.1, 0.15) is 17.4 Å². The molecule has 0 radical (unpaired) electrons. The van der Waals surface area contributed by atoms with Gasteiger partial charge in [-0.2, -0.15) is 0 Å². The molecule has 0 bridgehead atoms. The average molecular weight is 257 g/mol. The first-order valence-corrected chi connectivity index (χ1v) is 6.18. The van der Waals surface area contributed by atoms with Crippen molar-refractivity contribution >= 4 is 22.9 Å². The second-order valence-corrected chi connectivity index (χ2v) is 5.38. The van der Waals surface area contributed by atoms with Gasteiger partial charge in [-0.05, 0) is 12.1 Å². The van der Waals surface area contributed by atoms with Crippen molar-refractivity contribution in [3.63, 3.8) is 0 Å². The van der Waals surface area contributed by atoms with Gasteiger partial charge >= 0.3 is 0 Å². The summed E-state index contributed by atoms with van der Waals surface area (Å²) in [6.45, 7) is 4.75. The second-order valence-electron chi connectivity index (χ2n) is 5.38. The highest BCUT2D eigenvalue weighted by atomic mass is 16.2. The molecular weight excluding hydrogens is 242 g/mol. The van der Waals surface area contributed by atoms with Gasteiger partial charge in [-0.25, -0.2) is 9.97 Å². The zero-order chi connectivity index (χ0) is 13.5. The first-order valence-electron chi connectivity index (χ1n) is 6.18. The van der Waals surface area contributed by atoms with E-state index in [4.69, 9.17) is 0 Å². The summed E-state index contributed by atoms with van der Waals surface area (Å²) >= 11 is 0. The number of anilines is 1. The second kappa shape index (κ2) is 4.15. The Morgan fingerprint density at radius 3 is 2.84 bits per heavy atom. The molecule has 1 unspecified atom stereocenters. The van der Waals surface area contributed by atoms with Gasteiger partial charge in [-0.3, -0.25) is 9.78 Å². The number of hydrogen-bond acceptors (Lipinski definition) is 5. The van der Waals surface area contributed by atoms with Crippen molar-refractivity contribution in [1.29, 1.82) is 0 Å². The first-order chi connectivity index (χ1) is 9.06. The van der Waals surface area contributed by atoms with Crippen molar-refractivity contribution in [3.05, 3.63) is 24.5 Å². The maximum absolute atomic E-state index is 11.8. The zero-order valence-corrected chi connectivity index (χ0v) is 10.8. The van der Waals surface area contributed by atoms with Crippen molar-refractivity contribution in [2.45, 2.75) is 19.9 Å². The minimum Gasteiger partial charge on any atom is -0.358 e. The van der Waals surface area contributed by atoms with Crippen molar-refractivity contribution in [3.8, 4) is 0 Å². The molecule has 2 aromatic rings. The van der Waals surface area contributed by atoms with E-state index in [-0.39, 0.29) is 17.4 Å². The number of carbonyl (C=O) groups is 1. The quantitative estimate of drug-likeness (QED) is 0.837. The van der Waals surface area contributed by atoms with Gasteiger partial charge in [0.2, 0.25) is 5.91 Å². The fraction of sp³-hybridized carbons (Fsp3) is 0.385. The molecule has 1 aliphatic heterocycles. The molecule has 0 aliphatic carbocycles. The van der Waals surface area contributed by atoms with Crippen LogP contribution in [-0.4, -0.2) is 33.4 Å². The summed E-state index contributed by atoms with van der Waals surface area (Å²) < 4.78 is 0. The van der Waals surface area contributed by atoms with Gasteiger partial charge in [0.05, 0.1) is 0 Å². The fourth-order valence-corrected chi connectivity index (χ4v) is 2.22. The molecule has 0 aromatic carbocycles. The molecule has 6 heteroatoms. The van der Waals surface area contributed by atoms with Crippen LogP contribution in [0, 0.1) is 5.41 Å². The normalized spacial score (nSPS) is 21.4. The van der Waals surface area contributed by atoms with E-state index in [9.17, 15) is 4.79 Å². The highest BCUT2D eigenvalue weighted by Crippen LogP contribution is 2.27.